The highest BCUT2D eigenvalue weighted by atomic mass is 16.6. The molecule has 0 amide bonds. The minimum Gasteiger partial charge on any atom is -0.463 e. The van der Waals surface area contributed by atoms with E-state index in [0.717, 1.165) is 58.3 Å². The second-order valence-electron chi connectivity index (χ2n) is 15.6. The number of ether oxygens (including phenoxy) is 4. The van der Waals surface area contributed by atoms with Crippen molar-refractivity contribution in [2.75, 3.05) is 46.1 Å². The predicted molar refractivity (Wildman–Crippen MR) is 236 cm³/mol. The van der Waals surface area contributed by atoms with Gasteiger partial charge in [0, 0.05) is 19.6 Å². The van der Waals surface area contributed by atoms with Crippen molar-refractivity contribution < 1.29 is 23.7 Å². The van der Waals surface area contributed by atoms with Gasteiger partial charge in [0.05, 0.1) is 6.61 Å². The Morgan fingerprint density at radius 3 is 1.51 bits per heavy atom. The van der Waals surface area contributed by atoms with Gasteiger partial charge in [0.15, 0.2) is 0 Å². The lowest BCUT2D eigenvalue weighted by atomic mass is 10.1. The number of carbonyl (C=O) groups is 1. The Hall–Kier alpha value is -1.73. The summed E-state index contributed by atoms with van der Waals surface area (Å²) in [7, 11) is 0. The molecule has 0 aromatic rings. The van der Waals surface area contributed by atoms with Crippen LogP contribution in [0.4, 0.5) is 0 Å². The lowest BCUT2D eigenvalue weighted by molar-refractivity contribution is -0.150. The molecule has 0 spiro atoms. The lowest BCUT2D eigenvalue weighted by Crippen LogP contribution is -2.38. The van der Waals surface area contributed by atoms with Crippen LogP contribution in [0, 0.1) is 0 Å². The van der Waals surface area contributed by atoms with Crippen LogP contribution in [0.25, 0.3) is 0 Å². The van der Waals surface area contributed by atoms with E-state index in [-0.39, 0.29) is 30.9 Å². The molecule has 0 aliphatic carbocycles. The Bertz CT molecular complexity index is 942. The van der Waals surface area contributed by atoms with Crippen molar-refractivity contribution in [1.82, 2.24) is 4.90 Å². The van der Waals surface area contributed by atoms with Crippen LogP contribution >= 0.6 is 0 Å². The van der Waals surface area contributed by atoms with Gasteiger partial charge in [-0.3, -0.25) is 4.79 Å². The van der Waals surface area contributed by atoms with Gasteiger partial charge in [-0.2, -0.15) is 0 Å². The van der Waals surface area contributed by atoms with E-state index in [1.54, 1.807) is 0 Å². The number of esters is 1. The maximum Gasteiger partial charge on any atom is 0.305 e. The summed E-state index contributed by atoms with van der Waals surface area (Å²) in [5, 5.41) is 0. The Kier molecular flexibility index (Phi) is 37.7. The van der Waals surface area contributed by atoms with Gasteiger partial charge in [-0.1, -0.05) is 153 Å². The van der Waals surface area contributed by atoms with Gasteiger partial charge in [-0.15, -0.1) is 0 Å². The summed E-state index contributed by atoms with van der Waals surface area (Å²) in [6.07, 6.45) is 48.9. The first kappa shape index (κ1) is 51.3. The topological polar surface area (TPSA) is 57.2 Å². The van der Waals surface area contributed by atoms with E-state index in [4.69, 9.17) is 18.9 Å². The summed E-state index contributed by atoms with van der Waals surface area (Å²) in [5.41, 5.74) is 0. The van der Waals surface area contributed by atoms with E-state index in [1.165, 1.54) is 128 Å². The molecule has 1 rings (SSSR count). The molecule has 0 aromatic carbocycles. The highest BCUT2D eigenvalue weighted by Crippen LogP contribution is 2.23. The second-order valence-corrected chi connectivity index (χ2v) is 15.6. The number of nitrogens with zero attached hydrogens (tertiary/aromatic N) is 1. The molecule has 0 aromatic heterocycles. The molecular formula is C49H89NO5. The number of carbonyl (C=O) groups excluding carboxylic acids is 1. The molecule has 6 nitrogen and oxygen atoms in total. The van der Waals surface area contributed by atoms with E-state index in [0.29, 0.717) is 19.6 Å². The first-order valence-corrected chi connectivity index (χ1v) is 23.5. The van der Waals surface area contributed by atoms with E-state index < -0.39 is 0 Å². The Balaban J connectivity index is 2.29. The van der Waals surface area contributed by atoms with Gasteiger partial charge < -0.3 is 23.8 Å². The largest absolute Gasteiger partial charge is 0.463 e. The van der Waals surface area contributed by atoms with E-state index in [9.17, 15) is 4.79 Å². The molecule has 2 unspecified atom stereocenters. The standard InChI is InChI=1S/C49H89NO5/c1-5-9-11-13-15-17-19-21-23-25-27-29-31-33-35-37-42-52-46-44-54-47(45-55-48(51)40-39-41-50(7-3)8-4)49(46)53-43-38-36-34-32-30-28-26-24-22-20-18-16-14-12-10-6-2/h15-18,21-24,46-47,49H,5-14,19-20,25-45H2,1-4H3/b17-15-,18-16-,23-21-,24-22-/t46?,47-,49?/m1/s1. The number of unbranched alkanes of at least 4 members (excludes halogenated alkanes) is 18. The van der Waals surface area contributed by atoms with Crippen LogP contribution in [0.15, 0.2) is 48.6 Å². The lowest BCUT2D eigenvalue weighted by Gasteiger charge is -2.23. The third-order valence-electron chi connectivity index (χ3n) is 10.7. The number of hydrogen-bond donors (Lipinski definition) is 0. The summed E-state index contributed by atoms with van der Waals surface area (Å²) in [6, 6.07) is 0. The average Bonchev–Trinajstić information content (AvgIpc) is 3.58. The van der Waals surface area contributed by atoms with Gasteiger partial charge in [-0.25, -0.2) is 0 Å². The second kappa shape index (κ2) is 40.5. The number of hydrogen-bond acceptors (Lipinski definition) is 6. The van der Waals surface area contributed by atoms with Crippen LogP contribution in [-0.4, -0.2) is 75.2 Å². The van der Waals surface area contributed by atoms with Crippen molar-refractivity contribution in [3.05, 3.63) is 48.6 Å². The van der Waals surface area contributed by atoms with Gasteiger partial charge in [0.2, 0.25) is 0 Å². The monoisotopic (exact) mass is 772 g/mol. The van der Waals surface area contributed by atoms with E-state index in [1.807, 2.05) is 0 Å². The SMILES string of the molecule is CCCCC/C=C\C/C=C\CCCCCCCCOC1CO[C@H](COC(=O)CCCN(CC)CC)C1OCCCCCCCC/C=C\C/C=C\CCCCC. The molecule has 1 fully saturated rings. The van der Waals surface area contributed by atoms with Crippen molar-refractivity contribution in [2.24, 2.45) is 0 Å². The van der Waals surface area contributed by atoms with Gasteiger partial charge in [0.25, 0.3) is 0 Å². The average molecular weight is 772 g/mol. The maximum absolute atomic E-state index is 12.5. The van der Waals surface area contributed by atoms with Crippen LogP contribution in [0.1, 0.15) is 195 Å². The molecule has 1 aliphatic heterocycles. The predicted octanol–water partition coefficient (Wildman–Crippen LogP) is 13.4. The summed E-state index contributed by atoms with van der Waals surface area (Å²) in [5.74, 6) is -0.148. The molecule has 55 heavy (non-hydrogen) atoms. The Morgan fingerprint density at radius 1 is 0.564 bits per heavy atom. The van der Waals surface area contributed by atoms with Crippen LogP contribution in [-0.2, 0) is 23.7 Å². The smallest absolute Gasteiger partial charge is 0.305 e. The zero-order valence-corrected chi connectivity index (χ0v) is 36.7. The molecule has 0 radical (unpaired) electrons. The van der Waals surface area contributed by atoms with Crippen molar-refractivity contribution in [2.45, 2.75) is 213 Å². The third kappa shape index (κ3) is 32.0. The fourth-order valence-corrected chi connectivity index (χ4v) is 7.02. The molecule has 0 saturated carbocycles. The van der Waals surface area contributed by atoms with E-state index >= 15 is 0 Å². The molecule has 1 aliphatic rings. The van der Waals surface area contributed by atoms with Crippen molar-refractivity contribution in [3.8, 4) is 0 Å². The Morgan fingerprint density at radius 2 is 1.02 bits per heavy atom. The van der Waals surface area contributed by atoms with Crippen LogP contribution in [0.5, 0.6) is 0 Å². The zero-order valence-electron chi connectivity index (χ0n) is 36.7. The van der Waals surface area contributed by atoms with Crippen LogP contribution in [0.3, 0.4) is 0 Å². The quantitative estimate of drug-likeness (QED) is 0.0351. The van der Waals surface area contributed by atoms with Gasteiger partial charge in [0.1, 0.15) is 24.9 Å². The minimum atomic E-state index is -0.266. The van der Waals surface area contributed by atoms with Gasteiger partial charge in [-0.05, 0) is 103 Å². The van der Waals surface area contributed by atoms with E-state index in [2.05, 4.69) is 81.2 Å². The minimum absolute atomic E-state index is 0.103. The number of rotatable bonds is 40. The normalized spacial score (nSPS) is 17.7. The molecular weight excluding hydrogens is 683 g/mol. The van der Waals surface area contributed by atoms with Crippen LogP contribution < -0.4 is 0 Å². The summed E-state index contributed by atoms with van der Waals surface area (Å²) >= 11 is 0. The first-order valence-electron chi connectivity index (χ1n) is 23.5. The molecule has 0 N–H and O–H groups in total. The first-order chi connectivity index (χ1) is 27.2. The van der Waals surface area contributed by atoms with Crippen molar-refractivity contribution >= 4 is 5.97 Å². The molecule has 0 bridgehead atoms. The zero-order chi connectivity index (χ0) is 39.7. The molecule has 6 heteroatoms. The maximum atomic E-state index is 12.5. The fourth-order valence-electron chi connectivity index (χ4n) is 7.02. The summed E-state index contributed by atoms with van der Waals surface area (Å²) in [4.78, 5) is 14.9. The van der Waals surface area contributed by atoms with Crippen LogP contribution in [0.2, 0.25) is 0 Å². The third-order valence-corrected chi connectivity index (χ3v) is 10.7. The summed E-state index contributed by atoms with van der Waals surface area (Å²) < 4.78 is 24.6. The number of allylic oxidation sites excluding steroid dienone is 8. The molecule has 3 atom stereocenters. The Labute approximate surface area is 341 Å². The fraction of sp³-hybridized carbons (Fsp3) is 0.816. The highest BCUT2D eigenvalue weighted by molar-refractivity contribution is 5.69. The highest BCUT2D eigenvalue weighted by Gasteiger charge is 2.39. The molecule has 1 heterocycles. The van der Waals surface area contributed by atoms with Crippen molar-refractivity contribution in [3.63, 3.8) is 0 Å². The molecule has 320 valence electrons. The summed E-state index contributed by atoms with van der Waals surface area (Å²) in [6.45, 7) is 13.9. The molecule has 1 saturated heterocycles. The van der Waals surface area contributed by atoms with Crippen molar-refractivity contribution in [1.29, 1.82) is 0 Å². The van der Waals surface area contributed by atoms with Gasteiger partial charge >= 0.3 is 5.97 Å².